The van der Waals surface area contributed by atoms with Crippen LogP contribution < -0.4 is 61.6 Å². The predicted octanol–water partition coefficient (Wildman–Crippen LogP) is -0.00548. The van der Waals surface area contributed by atoms with Crippen LogP contribution in [0.25, 0.3) is 0 Å². The van der Waals surface area contributed by atoms with Gasteiger partial charge in [-0.2, -0.15) is 13.2 Å². The molecule has 0 saturated carbocycles. The van der Waals surface area contributed by atoms with Gasteiger partial charge in [0.1, 0.15) is 5.75 Å². The molecule has 0 bridgehead atoms. The normalized spacial score (nSPS) is 11.9. The second kappa shape index (κ2) is 6.65. The fourth-order valence-corrected chi connectivity index (χ4v) is 1.20. The van der Waals surface area contributed by atoms with Gasteiger partial charge >= 0.3 is 64.5 Å². The standard InChI is InChI=1S/C9H8BF6O.K/c1-6-4-7(10(14,15)16)2-3-8(6)17-5-9(11,12)13;/h2-4H,5H2,1H3;/q-1;+1. The molecule has 1 nitrogen and oxygen atoms in total. The maximum atomic E-state index is 12.3. The van der Waals surface area contributed by atoms with Crippen LogP contribution in [0.2, 0.25) is 0 Å². The molecule has 0 aliphatic carbocycles. The fourth-order valence-electron chi connectivity index (χ4n) is 1.20. The molecule has 0 amide bonds. The van der Waals surface area contributed by atoms with Gasteiger partial charge in [0, 0.05) is 0 Å². The van der Waals surface area contributed by atoms with Crippen LogP contribution >= 0.6 is 0 Å². The number of aryl methyl sites for hydroxylation is 1. The molecule has 0 N–H and O–H groups in total. The molecule has 0 unspecified atom stereocenters. The third kappa shape index (κ3) is 5.96. The number of hydrogen-bond acceptors (Lipinski definition) is 1. The zero-order valence-corrected chi connectivity index (χ0v) is 12.8. The monoisotopic (exact) mass is 296 g/mol. The van der Waals surface area contributed by atoms with Crippen molar-refractivity contribution in [3.8, 4) is 5.75 Å². The third-order valence-corrected chi connectivity index (χ3v) is 1.97. The van der Waals surface area contributed by atoms with Crippen LogP contribution in [0.1, 0.15) is 5.56 Å². The van der Waals surface area contributed by atoms with Gasteiger partial charge in [-0.05, 0) is 18.6 Å². The molecule has 0 saturated heterocycles. The molecule has 9 heteroatoms. The van der Waals surface area contributed by atoms with Gasteiger partial charge in [-0.3, -0.25) is 0 Å². The number of hydrogen-bond donors (Lipinski definition) is 0. The van der Waals surface area contributed by atoms with Crippen molar-refractivity contribution in [1.82, 2.24) is 0 Å². The van der Waals surface area contributed by atoms with Crippen molar-refractivity contribution in [1.29, 1.82) is 0 Å². The van der Waals surface area contributed by atoms with Gasteiger partial charge in [0.2, 0.25) is 0 Å². The third-order valence-electron chi connectivity index (χ3n) is 1.97. The van der Waals surface area contributed by atoms with E-state index in [9.17, 15) is 26.1 Å². The molecular formula is C9H8BF6KO. The van der Waals surface area contributed by atoms with Crippen molar-refractivity contribution in [3.63, 3.8) is 0 Å². The maximum Gasteiger partial charge on any atom is 1.00 e. The van der Waals surface area contributed by atoms with Crippen LogP contribution in [0, 0.1) is 6.92 Å². The fraction of sp³-hybridized carbons (Fsp3) is 0.333. The minimum atomic E-state index is -5.15. The van der Waals surface area contributed by atoms with Gasteiger partial charge in [0.15, 0.2) is 6.61 Å². The summed E-state index contributed by atoms with van der Waals surface area (Å²) in [6, 6.07) is 2.37. The smallest absolute Gasteiger partial charge is 0.484 e. The molecule has 0 spiro atoms. The number of alkyl halides is 3. The minimum Gasteiger partial charge on any atom is -0.484 e. The molecule has 96 valence electrons. The van der Waals surface area contributed by atoms with E-state index in [4.69, 9.17) is 0 Å². The summed E-state index contributed by atoms with van der Waals surface area (Å²) < 4.78 is 76.9. The van der Waals surface area contributed by atoms with Crippen molar-refractivity contribution in [2.45, 2.75) is 13.1 Å². The number of ether oxygens (including phenoxy) is 1. The molecule has 0 radical (unpaired) electrons. The molecule has 0 heterocycles. The Hall–Kier alpha value is 0.301. The Kier molecular flexibility index (Phi) is 6.76. The van der Waals surface area contributed by atoms with Crippen LogP contribution in [0.3, 0.4) is 0 Å². The minimum absolute atomic E-state index is 0. The molecular weight excluding hydrogens is 288 g/mol. The Morgan fingerprint density at radius 1 is 1.17 bits per heavy atom. The van der Waals surface area contributed by atoms with Crippen LogP contribution in [0.4, 0.5) is 26.1 Å². The van der Waals surface area contributed by atoms with Gasteiger partial charge in [-0.1, -0.05) is 12.1 Å². The van der Waals surface area contributed by atoms with E-state index in [-0.39, 0.29) is 62.7 Å². The maximum absolute atomic E-state index is 12.3. The molecule has 0 aromatic heterocycles. The van der Waals surface area contributed by atoms with Crippen molar-refractivity contribution in [3.05, 3.63) is 23.8 Å². The zero-order chi connectivity index (χ0) is 13.3. The Labute approximate surface area is 142 Å². The van der Waals surface area contributed by atoms with Gasteiger partial charge in [0.05, 0.1) is 0 Å². The summed E-state index contributed by atoms with van der Waals surface area (Å²) in [4.78, 5) is 0. The van der Waals surface area contributed by atoms with Crippen molar-refractivity contribution in [2.24, 2.45) is 0 Å². The first-order chi connectivity index (χ1) is 7.59. The molecule has 0 fully saturated rings. The quantitative estimate of drug-likeness (QED) is 0.563. The van der Waals surface area contributed by atoms with E-state index in [1.54, 1.807) is 0 Å². The van der Waals surface area contributed by atoms with E-state index in [2.05, 4.69) is 4.74 Å². The number of halogens is 6. The molecule has 1 rings (SSSR count). The van der Waals surface area contributed by atoms with Crippen LogP contribution in [0.15, 0.2) is 18.2 Å². The first kappa shape index (κ1) is 18.3. The average Bonchev–Trinajstić information content (AvgIpc) is 2.12. The van der Waals surface area contributed by atoms with E-state index >= 15 is 0 Å². The van der Waals surface area contributed by atoms with Gasteiger partial charge in [0.25, 0.3) is 0 Å². The summed E-state index contributed by atoms with van der Waals surface area (Å²) in [6.45, 7) is -5.42. The molecule has 0 atom stereocenters. The largest absolute Gasteiger partial charge is 1.00 e. The second-order valence-electron chi connectivity index (χ2n) is 3.50. The summed E-state index contributed by atoms with van der Waals surface area (Å²) >= 11 is 0. The van der Waals surface area contributed by atoms with E-state index in [0.717, 1.165) is 12.1 Å². The Morgan fingerprint density at radius 2 is 1.72 bits per heavy atom. The summed E-state index contributed by atoms with van der Waals surface area (Å²) in [7, 11) is 0. The predicted molar refractivity (Wildman–Crippen MR) is 51.4 cm³/mol. The topological polar surface area (TPSA) is 9.23 Å². The second-order valence-corrected chi connectivity index (χ2v) is 3.50. The molecule has 0 aliphatic heterocycles. The van der Waals surface area contributed by atoms with Gasteiger partial charge in [-0.25, -0.2) is 0 Å². The summed E-state index contributed by atoms with van der Waals surface area (Å²) in [6.07, 6.45) is -4.51. The summed E-state index contributed by atoms with van der Waals surface area (Å²) in [5, 5.41) is 0. The average molecular weight is 296 g/mol. The Balaban J connectivity index is 0.00000289. The van der Waals surface area contributed by atoms with Crippen LogP contribution in [-0.4, -0.2) is 19.8 Å². The van der Waals surface area contributed by atoms with Gasteiger partial charge < -0.3 is 17.7 Å². The van der Waals surface area contributed by atoms with Crippen molar-refractivity contribution >= 4 is 12.4 Å². The Bertz CT molecular complexity index is 403. The molecule has 18 heavy (non-hydrogen) atoms. The SMILES string of the molecule is Cc1cc([B-](F)(F)F)ccc1OCC(F)(F)F.[K+]. The number of benzene rings is 1. The van der Waals surface area contributed by atoms with Crippen LogP contribution in [0.5, 0.6) is 5.75 Å². The van der Waals surface area contributed by atoms with E-state index in [0.29, 0.717) is 6.07 Å². The van der Waals surface area contributed by atoms with Gasteiger partial charge in [-0.15, -0.1) is 5.46 Å². The van der Waals surface area contributed by atoms with E-state index in [1.165, 1.54) is 6.92 Å². The van der Waals surface area contributed by atoms with Crippen LogP contribution in [-0.2, 0) is 0 Å². The molecule has 0 aliphatic rings. The first-order valence-electron chi connectivity index (χ1n) is 4.59. The van der Waals surface area contributed by atoms with E-state index in [1.807, 2.05) is 0 Å². The number of rotatable bonds is 3. The molecule has 1 aromatic carbocycles. The van der Waals surface area contributed by atoms with Crippen molar-refractivity contribution < 1.29 is 82.2 Å². The first-order valence-corrected chi connectivity index (χ1v) is 4.59. The Morgan fingerprint density at radius 3 is 2.11 bits per heavy atom. The van der Waals surface area contributed by atoms with E-state index < -0.39 is 25.2 Å². The summed E-state index contributed by atoms with van der Waals surface area (Å²) in [5.74, 6) is -0.203. The summed E-state index contributed by atoms with van der Waals surface area (Å²) in [5.41, 5.74) is -0.840. The van der Waals surface area contributed by atoms with Crippen molar-refractivity contribution in [2.75, 3.05) is 6.61 Å². The zero-order valence-electron chi connectivity index (χ0n) is 9.69. The molecule has 1 aromatic rings.